The van der Waals surface area contributed by atoms with Gasteiger partial charge >= 0.3 is 0 Å². The molecule has 2 unspecified atom stereocenters. The molecule has 102 valence electrons. The van der Waals surface area contributed by atoms with Crippen LogP contribution >= 0.6 is 0 Å². The molecule has 2 fully saturated rings. The second kappa shape index (κ2) is 6.01. The van der Waals surface area contributed by atoms with Gasteiger partial charge in [-0.15, -0.1) is 0 Å². The highest BCUT2D eigenvalue weighted by atomic mass is 15.3. The van der Waals surface area contributed by atoms with Gasteiger partial charge in [0.25, 0.3) is 0 Å². The molecular formula is C14H26N4. The summed E-state index contributed by atoms with van der Waals surface area (Å²) in [7, 11) is 1.92. The molecule has 0 radical (unpaired) electrons. The number of nitrogens with zero attached hydrogens (tertiary/aromatic N) is 3. The number of rotatable bonds is 4. The van der Waals surface area contributed by atoms with Gasteiger partial charge in [0.15, 0.2) is 0 Å². The Kier molecular flexibility index (Phi) is 4.60. The molecule has 1 aliphatic heterocycles. The minimum Gasteiger partial charge on any atom is -0.302 e. The molecule has 18 heavy (non-hydrogen) atoms. The lowest BCUT2D eigenvalue weighted by Crippen LogP contribution is -2.50. The summed E-state index contributed by atoms with van der Waals surface area (Å²) in [5, 5.41) is 12.5. The van der Waals surface area contributed by atoms with E-state index in [1.807, 2.05) is 7.05 Å². The number of nitriles is 1. The molecule has 4 nitrogen and oxygen atoms in total. The van der Waals surface area contributed by atoms with Crippen LogP contribution in [0.1, 0.15) is 32.6 Å². The molecule has 1 heterocycles. The summed E-state index contributed by atoms with van der Waals surface area (Å²) < 4.78 is 0. The van der Waals surface area contributed by atoms with Crippen molar-refractivity contribution in [1.82, 2.24) is 15.1 Å². The minimum atomic E-state index is -0.259. The van der Waals surface area contributed by atoms with Crippen molar-refractivity contribution in [3.8, 4) is 6.07 Å². The van der Waals surface area contributed by atoms with Crippen LogP contribution < -0.4 is 5.32 Å². The van der Waals surface area contributed by atoms with Crippen LogP contribution in [-0.2, 0) is 0 Å². The number of hydrogen-bond acceptors (Lipinski definition) is 4. The molecule has 0 aromatic rings. The maximum atomic E-state index is 9.31. The van der Waals surface area contributed by atoms with E-state index in [-0.39, 0.29) is 5.54 Å². The Morgan fingerprint density at radius 3 is 2.56 bits per heavy atom. The number of piperazine rings is 1. The second-order valence-electron chi connectivity index (χ2n) is 5.72. The van der Waals surface area contributed by atoms with Gasteiger partial charge in [0.1, 0.15) is 5.54 Å². The Bertz CT molecular complexity index is 303. The van der Waals surface area contributed by atoms with Crippen molar-refractivity contribution >= 4 is 0 Å². The topological polar surface area (TPSA) is 42.3 Å². The van der Waals surface area contributed by atoms with E-state index in [9.17, 15) is 5.26 Å². The largest absolute Gasteiger partial charge is 0.302 e. The molecule has 0 aromatic carbocycles. The van der Waals surface area contributed by atoms with Crippen molar-refractivity contribution in [2.45, 2.75) is 44.2 Å². The normalized spacial score (nSPS) is 34.6. The summed E-state index contributed by atoms with van der Waals surface area (Å²) >= 11 is 0. The predicted molar refractivity (Wildman–Crippen MR) is 73.3 cm³/mol. The monoisotopic (exact) mass is 250 g/mol. The van der Waals surface area contributed by atoms with Gasteiger partial charge in [-0.3, -0.25) is 4.90 Å². The highest BCUT2D eigenvalue weighted by molar-refractivity contribution is 5.13. The first kappa shape index (κ1) is 13.8. The SMILES string of the molecule is CCCN1CCN(C2CCC(C#N)(NC)C2)CC1. The lowest BCUT2D eigenvalue weighted by atomic mass is 10.00. The van der Waals surface area contributed by atoms with Crippen molar-refractivity contribution < 1.29 is 0 Å². The summed E-state index contributed by atoms with van der Waals surface area (Å²) in [5.74, 6) is 0. The van der Waals surface area contributed by atoms with Gasteiger partial charge in [0.05, 0.1) is 6.07 Å². The molecule has 2 atom stereocenters. The third kappa shape index (κ3) is 2.85. The first-order valence-electron chi connectivity index (χ1n) is 7.29. The summed E-state index contributed by atoms with van der Waals surface area (Å²) in [4.78, 5) is 5.16. The summed E-state index contributed by atoms with van der Waals surface area (Å²) in [5.41, 5.74) is -0.259. The van der Waals surface area contributed by atoms with E-state index in [1.165, 1.54) is 45.6 Å². The third-order valence-corrected chi connectivity index (χ3v) is 4.64. The summed E-state index contributed by atoms with van der Waals surface area (Å²) in [6.07, 6.45) is 4.41. The minimum absolute atomic E-state index is 0.259. The predicted octanol–water partition coefficient (Wildman–Crippen LogP) is 1.05. The van der Waals surface area contributed by atoms with Crippen LogP contribution in [0.3, 0.4) is 0 Å². The Morgan fingerprint density at radius 1 is 1.33 bits per heavy atom. The molecular weight excluding hydrogens is 224 g/mol. The Hall–Kier alpha value is -0.630. The van der Waals surface area contributed by atoms with Gasteiger partial charge in [-0.25, -0.2) is 0 Å². The van der Waals surface area contributed by atoms with Crippen LogP contribution in [0.15, 0.2) is 0 Å². The van der Waals surface area contributed by atoms with E-state index in [4.69, 9.17) is 0 Å². The number of nitrogens with one attached hydrogen (secondary N) is 1. The van der Waals surface area contributed by atoms with E-state index in [1.54, 1.807) is 0 Å². The lowest BCUT2D eigenvalue weighted by molar-refractivity contribution is 0.0959. The molecule has 1 saturated heterocycles. The van der Waals surface area contributed by atoms with Crippen LogP contribution in [0, 0.1) is 11.3 Å². The molecule has 1 saturated carbocycles. The fourth-order valence-electron chi connectivity index (χ4n) is 3.38. The van der Waals surface area contributed by atoms with Crippen LogP contribution in [0.5, 0.6) is 0 Å². The first-order chi connectivity index (χ1) is 8.73. The second-order valence-corrected chi connectivity index (χ2v) is 5.72. The van der Waals surface area contributed by atoms with E-state index in [2.05, 4.69) is 28.1 Å². The average Bonchev–Trinajstić information content (AvgIpc) is 2.85. The molecule has 2 rings (SSSR count). The van der Waals surface area contributed by atoms with Gasteiger partial charge in [-0.1, -0.05) is 6.92 Å². The first-order valence-corrected chi connectivity index (χ1v) is 7.29. The van der Waals surface area contributed by atoms with Crippen molar-refractivity contribution in [2.24, 2.45) is 0 Å². The van der Waals surface area contributed by atoms with Crippen LogP contribution in [0.25, 0.3) is 0 Å². The standard InChI is InChI=1S/C14H26N4/c1-3-6-17-7-9-18(10-8-17)13-4-5-14(11-13,12-15)16-2/h13,16H,3-11H2,1-2H3. The highest BCUT2D eigenvalue weighted by Gasteiger charge is 2.40. The van der Waals surface area contributed by atoms with E-state index in [0.717, 1.165) is 12.8 Å². The number of hydrogen-bond donors (Lipinski definition) is 1. The molecule has 0 aromatic heterocycles. The highest BCUT2D eigenvalue weighted by Crippen LogP contribution is 2.32. The smallest absolute Gasteiger partial charge is 0.108 e. The van der Waals surface area contributed by atoms with Crippen LogP contribution in [0.4, 0.5) is 0 Å². The van der Waals surface area contributed by atoms with Crippen molar-refractivity contribution in [3.05, 3.63) is 0 Å². The average molecular weight is 250 g/mol. The van der Waals surface area contributed by atoms with E-state index in [0.29, 0.717) is 6.04 Å². The van der Waals surface area contributed by atoms with Crippen LogP contribution in [-0.4, -0.2) is 61.2 Å². The van der Waals surface area contributed by atoms with Gasteiger partial charge < -0.3 is 10.2 Å². The molecule has 0 spiro atoms. The van der Waals surface area contributed by atoms with Crippen molar-refractivity contribution in [1.29, 1.82) is 5.26 Å². The molecule has 1 aliphatic carbocycles. The zero-order valence-electron chi connectivity index (χ0n) is 11.8. The van der Waals surface area contributed by atoms with Crippen molar-refractivity contribution in [2.75, 3.05) is 39.8 Å². The maximum Gasteiger partial charge on any atom is 0.108 e. The fourth-order valence-corrected chi connectivity index (χ4v) is 3.38. The lowest BCUT2D eigenvalue weighted by Gasteiger charge is -2.38. The maximum absolute atomic E-state index is 9.31. The van der Waals surface area contributed by atoms with Gasteiger partial charge in [-0.05, 0) is 39.3 Å². The van der Waals surface area contributed by atoms with Gasteiger partial charge in [-0.2, -0.15) is 5.26 Å². The molecule has 4 heteroatoms. The Labute approximate surface area is 111 Å². The molecule has 0 amide bonds. The fraction of sp³-hybridized carbons (Fsp3) is 0.929. The van der Waals surface area contributed by atoms with Gasteiger partial charge in [0, 0.05) is 32.2 Å². The molecule has 2 aliphatic rings. The quantitative estimate of drug-likeness (QED) is 0.810. The zero-order chi connectivity index (χ0) is 13.0. The van der Waals surface area contributed by atoms with Crippen LogP contribution in [0.2, 0.25) is 0 Å². The van der Waals surface area contributed by atoms with E-state index >= 15 is 0 Å². The van der Waals surface area contributed by atoms with E-state index < -0.39 is 0 Å². The third-order valence-electron chi connectivity index (χ3n) is 4.64. The summed E-state index contributed by atoms with van der Waals surface area (Å²) in [6.45, 7) is 8.23. The zero-order valence-corrected chi connectivity index (χ0v) is 11.8. The molecule has 1 N–H and O–H groups in total. The molecule has 0 bridgehead atoms. The Balaban J connectivity index is 1.83. The van der Waals surface area contributed by atoms with Crippen molar-refractivity contribution in [3.63, 3.8) is 0 Å². The summed E-state index contributed by atoms with van der Waals surface area (Å²) in [6, 6.07) is 3.09. The Morgan fingerprint density at radius 2 is 2.06 bits per heavy atom. The van der Waals surface area contributed by atoms with Gasteiger partial charge in [0.2, 0.25) is 0 Å².